The molecule has 6 nitrogen and oxygen atoms in total. The predicted octanol–water partition coefficient (Wildman–Crippen LogP) is 28.8. The van der Waals surface area contributed by atoms with Gasteiger partial charge >= 0.3 is 0 Å². The molecule has 4 aliphatic carbocycles. The van der Waals surface area contributed by atoms with Gasteiger partial charge in [-0.15, -0.1) is 0 Å². The molecule has 2 unspecified atom stereocenters. The van der Waals surface area contributed by atoms with Gasteiger partial charge < -0.3 is 14.7 Å². The standard InChI is InChI=1S/C21H29N.C20H27N.C16H29N.C15H25N.C15H33N.C13H29N/c1-16-12-14-17(15-13-16)18-10-8-9-11-19(18)22(20(2,3)4)21(5,6)7;1-19(2,3)21(20(4,5)6)18-15-11-10-14-17(18)16-12-8-7-9-13-16;1-10(2)17(11(3)4)16-14-6-12-5-13(8-14)9-15(16)7-12;1-12-9-8-10-13(11-12)16(14(2,3)4)15(5,6)7;1-9-11-13(10-2)12-16(14(3,4)5)15(6,7)8;1-7-9-13(8-2)10-14(11(3)4)12(5)6/h8-15H,1-7H3;7-15H,1-6H3;10-16H,5-9H2,1-4H3;8-11H,1-7H3;13H,9-12H2,1-8H3;11-13H,7-10H2,1-6H3/i;;16D;8D,9D,10D,11D;;10D2. The fourth-order valence-electron chi connectivity index (χ4n) is 18.6. The van der Waals surface area contributed by atoms with E-state index in [0.29, 0.717) is 35.2 Å². The molecule has 0 radical (unpaired) electrons. The number of anilines is 3. The molecule has 106 heavy (non-hydrogen) atoms. The third-order valence-electron chi connectivity index (χ3n) is 21.0. The van der Waals surface area contributed by atoms with Crippen molar-refractivity contribution in [2.75, 3.05) is 27.7 Å². The van der Waals surface area contributed by atoms with E-state index in [9.17, 15) is 1.37 Å². The van der Waals surface area contributed by atoms with Crippen LogP contribution in [0.3, 0.4) is 0 Å². The van der Waals surface area contributed by atoms with Crippen molar-refractivity contribution in [1.82, 2.24) is 14.7 Å². The van der Waals surface area contributed by atoms with Crippen molar-refractivity contribution in [1.29, 1.82) is 0 Å². The maximum Gasteiger partial charge on any atom is 0.0647 e. The number of nitrogens with zero attached hydrogens (tertiary/aromatic N) is 6. The van der Waals surface area contributed by atoms with E-state index in [4.69, 9.17) is 8.22 Å². The van der Waals surface area contributed by atoms with Crippen molar-refractivity contribution < 1.29 is 9.60 Å². The quantitative estimate of drug-likeness (QED) is 0.0768. The predicted molar refractivity (Wildman–Crippen MR) is 479 cm³/mol. The lowest BCUT2D eigenvalue weighted by molar-refractivity contribution is -0.0849. The van der Waals surface area contributed by atoms with Crippen LogP contribution in [0.2, 0.25) is 0 Å². The number of hydrogen-bond acceptors (Lipinski definition) is 6. The first-order valence-electron chi connectivity index (χ1n) is 45.6. The monoisotopic (exact) mass is 1460 g/mol. The normalized spacial score (nSPS) is 20.0. The second-order valence-corrected chi connectivity index (χ2v) is 40.7. The molecular formula is C100H172N6. The van der Waals surface area contributed by atoms with Crippen LogP contribution in [0.5, 0.6) is 0 Å². The Morgan fingerprint density at radius 1 is 0.406 bits per heavy atom. The van der Waals surface area contributed by atoms with Gasteiger partial charge in [-0.2, -0.15) is 0 Å². The molecule has 5 aromatic rings. The summed E-state index contributed by atoms with van der Waals surface area (Å²) in [6.45, 7) is 83.7. The third kappa shape index (κ3) is 29.9. The molecule has 0 aliphatic heterocycles. The Bertz CT molecular complexity index is 3490. The van der Waals surface area contributed by atoms with Crippen molar-refractivity contribution in [2.45, 2.75) is 408 Å². The van der Waals surface area contributed by atoms with Crippen LogP contribution in [-0.2, 0) is 0 Å². The Kier molecular flexibility index (Phi) is 32.5. The van der Waals surface area contributed by atoms with Crippen LogP contribution >= 0.6 is 0 Å². The molecule has 0 N–H and O–H groups in total. The van der Waals surface area contributed by atoms with Gasteiger partial charge in [0.05, 0.1) is 5.48 Å². The smallest absolute Gasteiger partial charge is 0.0647 e. The third-order valence-corrected chi connectivity index (χ3v) is 21.0. The van der Waals surface area contributed by atoms with Crippen LogP contribution in [0.15, 0.2) is 127 Å². The van der Waals surface area contributed by atoms with E-state index in [1.807, 2.05) is 51.3 Å². The summed E-state index contributed by atoms with van der Waals surface area (Å²) in [5, 5.41) is 0. The van der Waals surface area contributed by atoms with Gasteiger partial charge in [-0.25, -0.2) is 0 Å². The van der Waals surface area contributed by atoms with Crippen LogP contribution in [0.1, 0.15) is 341 Å². The molecule has 4 fully saturated rings. The van der Waals surface area contributed by atoms with E-state index < -0.39 is 6.50 Å². The van der Waals surface area contributed by atoms with Gasteiger partial charge in [-0.3, -0.25) is 14.7 Å². The molecule has 0 spiro atoms. The fraction of sp³-hybridized carbons (Fsp3) is 0.700. The van der Waals surface area contributed by atoms with E-state index in [1.165, 1.54) is 97.1 Å². The van der Waals surface area contributed by atoms with Gasteiger partial charge in [0.15, 0.2) is 0 Å². The van der Waals surface area contributed by atoms with E-state index >= 15 is 0 Å². The molecule has 4 aliphatic rings. The summed E-state index contributed by atoms with van der Waals surface area (Å²) in [7, 11) is 0. The molecule has 6 heteroatoms. The van der Waals surface area contributed by atoms with Crippen molar-refractivity contribution in [3.63, 3.8) is 0 Å². The van der Waals surface area contributed by atoms with Crippen LogP contribution in [0.4, 0.5) is 17.1 Å². The minimum atomic E-state index is -1.19. The number of benzene rings is 5. The summed E-state index contributed by atoms with van der Waals surface area (Å²) in [6.07, 6.45) is 13.7. The summed E-state index contributed by atoms with van der Waals surface area (Å²) >= 11 is 0. The highest BCUT2D eigenvalue weighted by molar-refractivity contribution is 5.81. The summed E-state index contributed by atoms with van der Waals surface area (Å²) in [6, 6.07) is 38.2. The van der Waals surface area contributed by atoms with Crippen molar-refractivity contribution in [2.24, 2.45) is 35.5 Å². The Balaban J connectivity index is 0.000000353. The topological polar surface area (TPSA) is 19.4 Å². The number of hydrogen-bond donors (Lipinski definition) is 0. The van der Waals surface area contributed by atoms with Gasteiger partial charge in [0.2, 0.25) is 0 Å². The first-order chi connectivity index (χ1) is 51.4. The average Bonchev–Trinajstić information content (AvgIpc) is 0.718. The van der Waals surface area contributed by atoms with Gasteiger partial charge in [-0.1, -0.05) is 162 Å². The van der Waals surface area contributed by atoms with E-state index in [1.54, 1.807) is 6.92 Å². The Hall–Kier alpha value is -4.62. The minimum absolute atomic E-state index is 0.0217. The summed E-state index contributed by atoms with van der Waals surface area (Å²) in [4.78, 5) is 14.2. The zero-order valence-corrected chi connectivity index (χ0v) is 76.3. The minimum Gasteiger partial charge on any atom is -0.362 e. The second-order valence-electron chi connectivity index (χ2n) is 40.7. The van der Waals surface area contributed by atoms with Gasteiger partial charge in [-0.05, 0) is 357 Å². The lowest BCUT2D eigenvalue weighted by Gasteiger charge is -2.59. The average molecular weight is 1470 g/mol. The molecule has 0 heterocycles. The maximum absolute atomic E-state index is 9.29. The van der Waals surface area contributed by atoms with E-state index in [0.717, 1.165) is 37.0 Å². The largest absolute Gasteiger partial charge is 0.362 e. The molecule has 9 rings (SSSR count). The molecule has 0 saturated heterocycles. The maximum atomic E-state index is 9.29. The van der Waals surface area contributed by atoms with Crippen molar-refractivity contribution >= 4 is 17.1 Å². The van der Waals surface area contributed by atoms with Crippen LogP contribution in [0, 0.1) is 49.4 Å². The van der Waals surface area contributed by atoms with Crippen molar-refractivity contribution in [3.8, 4) is 22.3 Å². The Labute approximate surface area is 670 Å². The molecule has 4 saturated carbocycles. The molecule has 4 bridgehead atoms. The van der Waals surface area contributed by atoms with E-state index in [2.05, 4.69) is 337 Å². The molecule has 0 amide bonds. The van der Waals surface area contributed by atoms with Crippen LogP contribution in [0.25, 0.3) is 22.3 Å². The highest BCUT2D eigenvalue weighted by Gasteiger charge is 2.51. The van der Waals surface area contributed by atoms with Crippen LogP contribution in [-0.4, -0.2) is 102 Å². The molecule has 5 aromatic carbocycles. The van der Waals surface area contributed by atoms with Crippen LogP contribution < -0.4 is 14.7 Å². The Morgan fingerprint density at radius 3 is 1.10 bits per heavy atom. The lowest BCUT2D eigenvalue weighted by Crippen LogP contribution is -2.59. The number of rotatable bonds is 20. The highest BCUT2D eigenvalue weighted by Crippen LogP contribution is 2.56. The fourth-order valence-corrected chi connectivity index (χ4v) is 18.6. The van der Waals surface area contributed by atoms with E-state index in [-0.39, 0.29) is 92.5 Å². The molecular weight excluding hydrogens is 1290 g/mol. The first kappa shape index (κ1) is 83.8. The zero-order chi connectivity index (χ0) is 87.2. The highest BCUT2D eigenvalue weighted by atomic mass is 15.3. The number of aryl methyl sites for hydroxylation is 1. The second kappa shape index (κ2) is 41.1. The summed E-state index contributed by atoms with van der Waals surface area (Å²) < 4.78 is 58.3. The van der Waals surface area contributed by atoms with Gasteiger partial charge in [0.1, 0.15) is 0 Å². The number of para-hydroxylation sites is 2. The molecule has 602 valence electrons. The SMILES string of the molecule is CC(C)(C)N(c1ccccc1-c1ccccc1)C(C)(C)C.CCCC(CC)CN(C(C)(C)C)C(C)(C)C.Cc1ccc(-c2ccccc2N(C(C)(C)C)C(C)(C)C)cc1.[2H]C([2H])(C(CC)CCC)N(C(C)C)C(C)C.[2H]C1(N(C(C)C)C(C)C)C2CC3CC(C2)CC1C3.[2H]c1c([2H])c(C)c([2H])c(N(C(C)(C)C)C(C)(C)C)c1[2H]. The lowest BCUT2D eigenvalue weighted by atomic mass is 9.53. The molecule has 2 atom stereocenters. The first-order valence-corrected chi connectivity index (χ1v) is 42.1. The summed E-state index contributed by atoms with van der Waals surface area (Å²) in [5.74, 6) is 4.22. The summed E-state index contributed by atoms with van der Waals surface area (Å²) in [5.41, 5.74) is 10.1. The van der Waals surface area contributed by atoms with Crippen molar-refractivity contribution in [3.05, 3.63) is 138 Å². The van der Waals surface area contributed by atoms with Gasteiger partial charge in [0.25, 0.3) is 0 Å². The van der Waals surface area contributed by atoms with Gasteiger partial charge in [0, 0.05) is 120 Å². The molecule has 0 aromatic heterocycles. The zero-order valence-electron chi connectivity index (χ0n) is 83.3. The Morgan fingerprint density at radius 2 is 0.764 bits per heavy atom.